The van der Waals surface area contributed by atoms with Gasteiger partial charge in [0.25, 0.3) is 0 Å². The van der Waals surface area contributed by atoms with Crippen LogP contribution < -0.4 is 10.0 Å². The second-order valence-electron chi connectivity index (χ2n) is 4.97. The van der Waals surface area contributed by atoms with Gasteiger partial charge in [0.2, 0.25) is 10.0 Å². The van der Waals surface area contributed by atoms with Gasteiger partial charge in [-0.05, 0) is 31.7 Å². The van der Waals surface area contributed by atoms with Gasteiger partial charge >= 0.3 is 0 Å². The second kappa shape index (κ2) is 4.12. The number of aromatic amines is 1. The van der Waals surface area contributed by atoms with Crippen molar-refractivity contribution in [3.63, 3.8) is 0 Å². The highest BCUT2D eigenvalue weighted by atomic mass is 32.2. The largest absolute Gasteiger partial charge is 0.366 e. The number of sulfonamides is 1. The second-order valence-corrected chi connectivity index (χ2v) is 6.69. The number of rotatable bonds is 3. The van der Waals surface area contributed by atoms with Gasteiger partial charge in [-0.3, -0.25) is 0 Å². The van der Waals surface area contributed by atoms with Gasteiger partial charge in [-0.1, -0.05) is 0 Å². The lowest BCUT2D eigenvalue weighted by atomic mass is 10.0. The van der Waals surface area contributed by atoms with E-state index in [0.29, 0.717) is 17.0 Å². The van der Waals surface area contributed by atoms with E-state index in [-0.39, 0.29) is 6.04 Å². The molecule has 17 heavy (non-hydrogen) atoms. The molecule has 2 unspecified atom stereocenters. The third kappa shape index (κ3) is 2.25. The van der Waals surface area contributed by atoms with Crippen LogP contribution in [0.2, 0.25) is 0 Å². The molecular weight excluding hydrogens is 238 g/mol. The van der Waals surface area contributed by atoms with Crippen molar-refractivity contribution in [1.29, 1.82) is 0 Å². The maximum absolute atomic E-state index is 12.0. The van der Waals surface area contributed by atoms with Crippen molar-refractivity contribution in [2.75, 3.05) is 0 Å². The molecular formula is C11H17N3O2S. The average molecular weight is 255 g/mol. The predicted octanol–water partition coefficient (Wildman–Crippen LogP) is 0.576. The molecule has 2 bridgehead atoms. The Labute approximate surface area is 101 Å². The predicted molar refractivity (Wildman–Crippen MR) is 64.1 cm³/mol. The van der Waals surface area contributed by atoms with E-state index in [1.165, 1.54) is 19.0 Å². The highest BCUT2D eigenvalue weighted by Crippen LogP contribution is 2.27. The average Bonchev–Trinajstić information content (AvgIpc) is 2.88. The number of piperidine rings is 1. The molecule has 2 atom stereocenters. The van der Waals surface area contributed by atoms with E-state index in [0.717, 1.165) is 12.8 Å². The topological polar surface area (TPSA) is 74.0 Å². The summed E-state index contributed by atoms with van der Waals surface area (Å²) >= 11 is 0. The van der Waals surface area contributed by atoms with Crippen LogP contribution in [-0.4, -0.2) is 31.5 Å². The fraction of sp³-hybridized carbons (Fsp3) is 0.636. The number of H-pyrrole nitrogens is 1. The van der Waals surface area contributed by atoms with Crippen molar-refractivity contribution in [3.8, 4) is 0 Å². The summed E-state index contributed by atoms with van der Waals surface area (Å²) in [6.45, 7) is 0. The number of aromatic nitrogens is 1. The summed E-state index contributed by atoms with van der Waals surface area (Å²) in [4.78, 5) is 3.09. The lowest BCUT2D eigenvalue weighted by molar-refractivity contribution is 0.345. The molecule has 2 aliphatic rings. The molecule has 3 N–H and O–H groups in total. The van der Waals surface area contributed by atoms with Crippen LogP contribution in [0.25, 0.3) is 0 Å². The number of hydrogen-bond donors (Lipinski definition) is 3. The van der Waals surface area contributed by atoms with Crippen LogP contribution in [0.1, 0.15) is 25.7 Å². The summed E-state index contributed by atoms with van der Waals surface area (Å²) in [6.07, 6.45) is 7.29. The van der Waals surface area contributed by atoms with E-state index in [4.69, 9.17) is 0 Å². The van der Waals surface area contributed by atoms with Gasteiger partial charge < -0.3 is 10.3 Å². The van der Waals surface area contributed by atoms with Crippen LogP contribution in [0.4, 0.5) is 0 Å². The SMILES string of the molecule is O=S(=O)(NC1CC2CCC(C1)N2)c1cc[nH]c1. The smallest absolute Gasteiger partial charge is 0.242 e. The van der Waals surface area contributed by atoms with Crippen LogP contribution in [0.15, 0.2) is 23.4 Å². The van der Waals surface area contributed by atoms with E-state index in [1.807, 2.05) is 0 Å². The van der Waals surface area contributed by atoms with Gasteiger partial charge in [-0.25, -0.2) is 13.1 Å². The Morgan fingerprint density at radius 2 is 1.94 bits per heavy atom. The molecule has 1 aromatic heterocycles. The van der Waals surface area contributed by atoms with Gasteiger partial charge in [-0.2, -0.15) is 0 Å². The molecule has 2 aliphatic heterocycles. The first-order valence-corrected chi connectivity index (χ1v) is 7.53. The first kappa shape index (κ1) is 11.3. The molecule has 0 radical (unpaired) electrons. The molecule has 5 nitrogen and oxygen atoms in total. The Balaban J connectivity index is 1.71. The Kier molecular flexibility index (Phi) is 2.72. The van der Waals surface area contributed by atoms with Gasteiger partial charge in [0.1, 0.15) is 0 Å². The Bertz CT molecular complexity index is 471. The van der Waals surface area contributed by atoms with E-state index >= 15 is 0 Å². The molecule has 3 rings (SSSR count). The third-order valence-corrected chi connectivity index (χ3v) is 5.19. The maximum atomic E-state index is 12.0. The summed E-state index contributed by atoms with van der Waals surface area (Å²) in [5.74, 6) is 0. The van der Waals surface area contributed by atoms with E-state index < -0.39 is 10.0 Å². The molecule has 1 aromatic rings. The Hall–Kier alpha value is -0.850. The van der Waals surface area contributed by atoms with Crippen molar-refractivity contribution >= 4 is 10.0 Å². The highest BCUT2D eigenvalue weighted by Gasteiger charge is 2.35. The molecule has 0 amide bonds. The van der Waals surface area contributed by atoms with Crippen LogP contribution in [0.5, 0.6) is 0 Å². The van der Waals surface area contributed by atoms with Crippen molar-refractivity contribution in [2.24, 2.45) is 0 Å². The van der Waals surface area contributed by atoms with Crippen LogP contribution in [0, 0.1) is 0 Å². The summed E-state index contributed by atoms with van der Waals surface area (Å²) in [5.41, 5.74) is 0. The zero-order chi connectivity index (χ0) is 11.9. The molecule has 3 heterocycles. The lowest BCUT2D eigenvalue weighted by Crippen LogP contribution is -2.47. The zero-order valence-electron chi connectivity index (χ0n) is 9.52. The van der Waals surface area contributed by atoms with E-state index in [2.05, 4.69) is 15.0 Å². The molecule has 2 fully saturated rings. The molecule has 0 aromatic carbocycles. The molecule has 0 spiro atoms. The maximum Gasteiger partial charge on any atom is 0.242 e. The minimum absolute atomic E-state index is 0.0775. The molecule has 6 heteroatoms. The first-order chi connectivity index (χ1) is 8.13. The minimum Gasteiger partial charge on any atom is -0.366 e. The van der Waals surface area contributed by atoms with Gasteiger partial charge in [0, 0.05) is 30.5 Å². The number of nitrogens with one attached hydrogen (secondary N) is 3. The summed E-state index contributed by atoms with van der Waals surface area (Å²) < 4.78 is 26.9. The fourth-order valence-electron chi connectivity index (χ4n) is 2.92. The summed E-state index contributed by atoms with van der Waals surface area (Å²) in [6, 6.07) is 2.65. The van der Waals surface area contributed by atoms with Gasteiger partial charge in [0.05, 0.1) is 4.90 Å². The van der Waals surface area contributed by atoms with Gasteiger partial charge in [-0.15, -0.1) is 0 Å². The standard InChI is InChI=1S/C11H17N3O2S/c15-17(16,11-3-4-12-7-11)14-10-5-8-1-2-9(6-10)13-8/h3-4,7-10,12-14H,1-2,5-6H2. The zero-order valence-corrected chi connectivity index (χ0v) is 10.3. The molecule has 0 saturated carbocycles. The third-order valence-electron chi connectivity index (χ3n) is 3.67. The lowest BCUT2D eigenvalue weighted by Gasteiger charge is -2.29. The number of hydrogen-bond acceptors (Lipinski definition) is 3. The molecule has 0 aliphatic carbocycles. The quantitative estimate of drug-likeness (QED) is 0.739. The van der Waals surface area contributed by atoms with E-state index in [9.17, 15) is 8.42 Å². The van der Waals surface area contributed by atoms with Crippen molar-refractivity contribution in [1.82, 2.24) is 15.0 Å². The van der Waals surface area contributed by atoms with Gasteiger partial charge in [0.15, 0.2) is 0 Å². The minimum atomic E-state index is -3.34. The van der Waals surface area contributed by atoms with Crippen LogP contribution >= 0.6 is 0 Å². The van der Waals surface area contributed by atoms with Crippen LogP contribution in [0.3, 0.4) is 0 Å². The molecule has 94 valence electrons. The summed E-state index contributed by atoms with van der Waals surface area (Å²) in [7, 11) is -3.34. The molecule has 2 saturated heterocycles. The monoisotopic (exact) mass is 255 g/mol. The Morgan fingerprint density at radius 1 is 1.24 bits per heavy atom. The van der Waals surface area contributed by atoms with Crippen molar-refractivity contribution in [3.05, 3.63) is 18.5 Å². The Morgan fingerprint density at radius 3 is 2.53 bits per heavy atom. The fourth-order valence-corrected chi connectivity index (χ4v) is 4.15. The normalized spacial score (nSPS) is 32.8. The first-order valence-electron chi connectivity index (χ1n) is 6.05. The van der Waals surface area contributed by atoms with Crippen molar-refractivity contribution < 1.29 is 8.42 Å². The highest BCUT2D eigenvalue weighted by molar-refractivity contribution is 7.89. The number of fused-ring (bicyclic) bond motifs is 2. The van der Waals surface area contributed by atoms with Crippen LogP contribution in [-0.2, 0) is 10.0 Å². The van der Waals surface area contributed by atoms with Crippen molar-refractivity contribution in [2.45, 2.75) is 48.7 Å². The summed E-state index contributed by atoms with van der Waals surface area (Å²) in [5, 5.41) is 3.50. The van der Waals surface area contributed by atoms with E-state index in [1.54, 1.807) is 12.3 Å².